The summed E-state index contributed by atoms with van der Waals surface area (Å²) in [7, 11) is 0. The van der Waals surface area contributed by atoms with Gasteiger partial charge in [-0.3, -0.25) is 0 Å². The van der Waals surface area contributed by atoms with Gasteiger partial charge in [-0.05, 0) is 25.3 Å². The van der Waals surface area contributed by atoms with Crippen molar-refractivity contribution in [1.82, 2.24) is 9.97 Å². The average Bonchev–Trinajstić information content (AvgIpc) is 2.82. The number of rotatable bonds is 4. The van der Waals surface area contributed by atoms with Crippen molar-refractivity contribution in [3.63, 3.8) is 0 Å². The van der Waals surface area contributed by atoms with Crippen LogP contribution in [0.1, 0.15) is 33.7 Å². The van der Waals surface area contributed by atoms with E-state index < -0.39 is 0 Å². The SMILES string of the molecule is CCOC(=O)c1cnc(Cc2cccs2)nc1C. The smallest absolute Gasteiger partial charge is 0.341 e. The largest absolute Gasteiger partial charge is 0.462 e. The van der Waals surface area contributed by atoms with Crippen molar-refractivity contribution in [3.05, 3.63) is 45.7 Å². The topological polar surface area (TPSA) is 52.1 Å². The minimum Gasteiger partial charge on any atom is -0.462 e. The minimum absolute atomic E-state index is 0.356. The van der Waals surface area contributed by atoms with Crippen LogP contribution in [0.4, 0.5) is 0 Å². The zero-order valence-electron chi connectivity index (χ0n) is 10.3. The van der Waals surface area contributed by atoms with Crippen molar-refractivity contribution in [3.8, 4) is 0 Å². The first-order chi connectivity index (χ1) is 8.70. The van der Waals surface area contributed by atoms with Crippen LogP contribution in [0, 0.1) is 6.92 Å². The number of hydrogen-bond donors (Lipinski definition) is 0. The molecule has 0 amide bonds. The molecule has 0 saturated carbocycles. The van der Waals surface area contributed by atoms with Crippen molar-refractivity contribution in [1.29, 1.82) is 0 Å². The van der Waals surface area contributed by atoms with E-state index in [0.717, 1.165) is 5.82 Å². The van der Waals surface area contributed by atoms with Crippen LogP contribution in [0.2, 0.25) is 0 Å². The van der Waals surface area contributed by atoms with Gasteiger partial charge in [0.25, 0.3) is 0 Å². The predicted molar refractivity (Wildman–Crippen MR) is 69.9 cm³/mol. The first-order valence-corrected chi connectivity index (χ1v) is 6.60. The highest BCUT2D eigenvalue weighted by Gasteiger charge is 2.12. The molecule has 2 rings (SSSR count). The number of carbonyl (C=O) groups excluding carboxylic acids is 1. The minimum atomic E-state index is -0.363. The first-order valence-electron chi connectivity index (χ1n) is 5.72. The molecule has 18 heavy (non-hydrogen) atoms. The second-order valence-electron chi connectivity index (χ2n) is 3.76. The van der Waals surface area contributed by atoms with E-state index in [4.69, 9.17) is 4.74 Å². The molecule has 0 aromatic carbocycles. The number of esters is 1. The molecule has 0 aliphatic heterocycles. The number of hydrogen-bond acceptors (Lipinski definition) is 5. The third-order valence-electron chi connectivity index (χ3n) is 2.44. The van der Waals surface area contributed by atoms with E-state index >= 15 is 0 Å². The van der Waals surface area contributed by atoms with Crippen LogP contribution in [0.5, 0.6) is 0 Å². The first kappa shape index (κ1) is 12.7. The van der Waals surface area contributed by atoms with E-state index in [1.807, 2.05) is 17.5 Å². The lowest BCUT2D eigenvalue weighted by Crippen LogP contribution is -2.10. The number of aryl methyl sites for hydroxylation is 1. The maximum atomic E-state index is 11.6. The third kappa shape index (κ3) is 2.92. The van der Waals surface area contributed by atoms with E-state index in [1.165, 1.54) is 4.88 Å². The summed E-state index contributed by atoms with van der Waals surface area (Å²) in [6, 6.07) is 4.04. The van der Waals surface area contributed by atoms with Gasteiger partial charge in [-0.2, -0.15) is 0 Å². The molecule has 0 bridgehead atoms. The Bertz CT molecular complexity index is 538. The summed E-state index contributed by atoms with van der Waals surface area (Å²) < 4.78 is 4.94. The number of thiophene rings is 1. The summed E-state index contributed by atoms with van der Waals surface area (Å²) in [4.78, 5) is 21.4. The average molecular weight is 262 g/mol. The summed E-state index contributed by atoms with van der Waals surface area (Å²) in [5, 5.41) is 2.02. The summed E-state index contributed by atoms with van der Waals surface area (Å²) >= 11 is 1.67. The van der Waals surface area contributed by atoms with Gasteiger partial charge >= 0.3 is 5.97 Å². The Morgan fingerprint density at radius 3 is 2.94 bits per heavy atom. The molecule has 2 aromatic rings. The monoisotopic (exact) mass is 262 g/mol. The van der Waals surface area contributed by atoms with Crippen LogP contribution in [0.3, 0.4) is 0 Å². The summed E-state index contributed by atoms with van der Waals surface area (Å²) in [6.45, 7) is 3.93. The fourth-order valence-corrected chi connectivity index (χ4v) is 2.28. The lowest BCUT2D eigenvalue weighted by Gasteiger charge is -2.05. The van der Waals surface area contributed by atoms with Crippen molar-refractivity contribution in [2.75, 3.05) is 6.61 Å². The molecule has 94 valence electrons. The van der Waals surface area contributed by atoms with E-state index in [-0.39, 0.29) is 5.97 Å². The number of carbonyl (C=O) groups is 1. The van der Waals surface area contributed by atoms with Gasteiger partial charge in [0.2, 0.25) is 0 Å². The van der Waals surface area contributed by atoms with E-state index in [9.17, 15) is 4.79 Å². The fourth-order valence-electron chi connectivity index (χ4n) is 1.58. The second-order valence-corrected chi connectivity index (χ2v) is 4.79. The fraction of sp³-hybridized carbons (Fsp3) is 0.308. The lowest BCUT2D eigenvalue weighted by atomic mass is 10.2. The van der Waals surface area contributed by atoms with E-state index in [1.54, 1.807) is 31.4 Å². The normalized spacial score (nSPS) is 10.3. The molecule has 0 fully saturated rings. The number of aromatic nitrogens is 2. The third-order valence-corrected chi connectivity index (χ3v) is 3.31. The van der Waals surface area contributed by atoms with Gasteiger partial charge in [0.1, 0.15) is 5.82 Å². The van der Waals surface area contributed by atoms with Crippen molar-refractivity contribution >= 4 is 17.3 Å². The van der Waals surface area contributed by atoms with Gasteiger partial charge in [-0.25, -0.2) is 14.8 Å². The Balaban J connectivity index is 2.17. The molecule has 2 heterocycles. The molecule has 0 aliphatic carbocycles. The molecule has 0 atom stereocenters. The molecule has 0 aliphatic rings. The van der Waals surface area contributed by atoms with E-state index in [2.05, 4.69) is 9.97 Å². The van der Waals surface area contributed by atoms with Gasteiger partial charge in [-0.15, -0.1) is 11.3 Å². The van der Waals surface area contributed by atoms with Gasteiger partial charge in [-0.1, -0.05) is 6.07 Å². The highest BCUT2D eigenvalue weighted by atomic mass is 32.1. The van der Waals surface area contributed by atoms with Crippen molar-refractivity contribution in [2.45, 2.75) is 20.3 Å². The molecule has 0 spiro atoms. The molecule has 5 heteroatoms. The molecule has 2 aromatic heterocycles. The Kier molecular flexibility index (Phi) is 4.04. The molecule has 0 N–H and O–H groups in total. The lowest BCUT2D eigenvalue weighted by molar-refractivity contribution is 0.0524. The number of ether oxygens (including phenoxy) is 1. The van der Waals surface area contributed by atoms with Crippen LogP contribution in [0.25, 0.3) is 0 Å². The van der Waals surface area contributed by atoms with Crippen LogP contribution >= 0.6 is 11.3 Å². The van der Waals surface area contributed by atoms with Gasteiger partial charge in [0.15, 0.2) is 0 Å². The standard InChI is InChI=1S/C13H14N2O2S/c1-3-17-13(16)11-8-14-12(15-9(11)2)7-10-5-4-6-18-10/h4-6,8H,3,7H2,1-2H3. The Morgan fingerprint density at radius 2 is 2.33 bits per heavy atom. The van der Waals surface area contributed by atoms with Gasteiger partial charge in [0, 0.05) is 17.5 Å². The second kappa shape index (κ2) is 5.73. The van der Waals surface area contributed by atoms with Crippen molar-refractivity contribution in [2.24, 2.45) is 0 Å². The van der Waals surface area contributed by atoms with Crippen molar-refractivity contribution < 1.29 is 9.53 Å². The van der Waals surface area contributed by atoms with Crippen LogP contribution in [-0.4, -0.2) is 22.5 Å². The number of nitrogens with zero attached hydrogens (tertiary/aromatic N) is 2. The molecule has 0 saturated heterocycles. The van der Waals surface area contributed by atoms with Gasteiger partial charge < -0.3 is 4.74 Å². The molecular formula is C13H14N2O2S. The van der Waals surface area contributed by atoms with E-state index in [0.29, 0.717) is 24.3 Å². The summed E-state index contributed by atoms with van der Waals surface area (Å²) in [6.07, 6.45) is 2.24. The molecule has 0 unspecified atom stereocenters. The van der Waals surface area contributed by atoms with Gasteiger partial charge in [0.05, 0.1) is 17.9 Å². The Morgan fingerprint density at radius 1 is 1.50 bits per heavy atom. The maximum absolute atomic E-state index is 11.6. The van der Waals surface area contributed by atoms with Crippen LogP contribution in [-0.2, 0) is 11.2 Å². The molecular weight excluding hydrogens is 248 g/mol. The Labute approximate surface area is 110 Å². The van der Waals surface area contributed by atoms with Crippen LogP contribution < -0.4 is 0 Å². The summed E-state index contributed by atoms with van der Waals surface area (Å²) in [5.74, 6) is 0.362. The Hall–Kier alpha value is -1.75. The zero-order chi connectivity index (χ0) is 13.0. The molecule has 0 radical (unpaired) electrons. The zero-order valence-corrected chi connectivity index (χ0v) is 11.2. The quantitative estimate of drug-likeness (QED) is 0.795. The predicted octanol–water partition coefficient (Wildman–Crippen LogP) is 2.61. The molecule has 4 nitrogen and oxygen atoms in total. The van der Waals surface area contributed by atoms with Crippen LogP contribution in [0.15, 0.2) is 23.7 Å². The summed E-state index contributed by atoms with van der Waals surface area (Å²) in [5.41, 5.74) is 1.10. The highest BCUT2D eigenvalue weighted by Crippen LogP contribution is 2.13. The maximum Gasteiger partial charge on any atom is 0.341 e. The highest BCUT2D eigenvalue weighted by molar-refractivity contribution is 7.09.